The number of alkyl halides is 2. The summed E-state index contributed by atoms with van der Waals surface area (Å²) in [6.45, 7) is 6.17. The van der Waals surface area contributed by atoms with Gasteiger partial charge in [0.05, 0.1) is 0 Å². The Morgan fingerprint density at radius 2 is 1.28 bits per heavy atom. The minimum absolute atomic E-state index is 0.213. The lowest BCUT2D eigenvalue weighted by atomic mass is 10.7. The summed E-state index contributed by atoms with van der Waals surface area (Å²) in [4.78, 5) is 21.8. The Morgan fingerprint density at radius 3 is 1.56 bits per heavy atom. The first-order chi connectivity index (χ1) is 8.49. The molecular formula is C10H12Cl2O6. The number of halogens is 2. The van der Waals surface area contributed by atoms with Crippen molar-refractivity contribution < 1.29 is 28.5 Å². The topological polar surface area (TPSA) is 71.1 Å². The lowest BCUT2D eigenvalue weighted by Gasteiger charge is -2.09. The van der Waals surface area contributed by atoms with Gasteiger partial charge < -0.3 is 18.9 Å². The molecule has 0 aliphatic rings. The van der Waals surface area contributed by atoms with Gasteiger partial charge in [-0.25, -0.2) is 9.59 Å². The fourth-order valence-electron chi connectivity index (χ4n) is 0.598. The lowest BCUT2D eigenvalue weighted by Crippen LogP contribution is -2.18. The first-order valence-electron chi connectivity index (χ1n) is 4.69. The maximum atomic E-state index is 10.9. The average molecular weight is 299 g/mol. The predicted octanol–water partition coefficient (Wildman–Crippen LogP) is 2.79. The van der Waals surface area contributed by atoms with Crippen LogP contribution in [0.1, 0.15) is 0 Å². The summed E-state index contributed by atoms with van der Waals surface area (Å²) in [6.07, 6.45) is 0.389. The fraction of sp³-hybridized carbons (Fsp3) is 0.400. The smallest absolute Gasteiger partial charge is 0.431 e. The van der Waals surface area contributed by atoms with E-state index in [0.29, 0.717) is 0 Å². The van der Waals surface area contributed by atoms with Gasteiger partial charge in [0, 0.05) is 0 Å². The zero-order chi connectivity index (χ0) is 14.0. The van der Waals surface area contributed by atoms with Gasteiger partial charge in [-0.05, 0) is 12.2 Å². The highest BCUT2D eigenvalue weighted by Crippen LogP contribution is 2.02. The van der Waals surface area contributed by atoms with Gasteiger partial charge in [-0.3, -0.25) is 0 Å². The molecule has 0 N–H and O–H groups in total. The molecule has 0 fully saturated rings. The SMILES string of the molecule is C=CC(Cl)OC(=O)OCCOC(=O)OC(Cl)C=C. The van der Waals surface area contributed by atoms with Crippen LogP contribution in [0.15, 0.2) is 25.3 Å². The van der Waals surface area contributed by atoms with Gasteiger partial charge >= 0.3 is 12.3 Å². The molecule has 0 spiro atoms. The van der Waals surface area contributed by atoms with Gasteiger partial charge in [-0.1, -0.05) is 36.4 Å². The second-order valence-corrected chi connectivity index (χ2v) is 3.47. The molecule has 0 aliphatic carbocycles. The molecule has 0 saturated heterocycles. The summed E-state index contributed by atoms with van der Waals surface area (Å²) in [7, 11) is 0. The average Bonchev–Trinajstić information content (AvgIpc) is 2.34. The van der Waals surface area contributed by atoms with Crippen molar-refractivity contribution in [3.05, 3.63) is 25.3 Å². The molecule has 0 rings (SSSR count). The molecule has 6 nitrogen and oxygen atoms in total. The summed E-state index contributed by atoms with van der Waals surface area (Å²) in [6, 6.07) is 0. The fourth-order valence-corrected chi connectivity index (χ4v) is 0.744. The minimum Gasteiger partial charge on any atom is -0.431 e. The Morgan fingerprint density at radius 1 is 0.944 bits per heavy atom. The molecule has 0 bridgehead atoms. The first kappa shape index (κ1) is 16.6. The largest absolute Gasteiger partial charge is 0.510 e. The molecular weight excluding hydrogens is 287 g/mol. The molecule has 0 aromatic rings. The monoisotopic (exact) mass is 298 g/mol. The Labute approximate surface area is 114 Å². The van der Waals surface area contributed by atoms with Crippen LogP contribution in [0.2, 0.25) is 0 Å². The second-order valence-electron chi connectivity index (χ2n) is 2.61. The van der Waals surface area contributed by atoms with Crippen molar-refractivity contribution in [2.45, 2.75) is 11.1 Å². The van der Waals surface area contributed by atoms with Crippen molar-refractivity contribution in [2.24, 2.45) is 0 Å². The molecule has 0 heterocycles. The van der Waals surface area contributed by atoms with Gasteiger partial charge in [-0.15, -0.1) is 0 Å². The zero-order valence-corrected chi connectivity index (χ0v) is 10.9. The maximum Gasteiger partial charge on any atom is 0.510 e. The van der Waals surface area contributed by atoms with Crippen LogP contribution in [0, 0.1) is 0 Å². The van der Waals surface area contributed by atoms with Crippen LogP contribution >= 0.6 is 23.2 Å². The van der Waals surface area contributed by atoms with Crippen molar-refractivity contribution in [1.29, 1.82) is 0 Å². The molecule has 0 saturated carbocycles. The molecule has 0 radical (unpaired) electrons. The third kappa shape index (κ3) is 8.72. The van der Waals surface area contributed by atoms with E-state index >= 15 is 0 Å². The van der Waals surface area contributed by atoms with Crippen LogP contribution in [0.25, 0.3) is 0 Å². The van der Waals surface area contributed by atoms with E-state index in [2.05, 4.69) is 32.1 Å². The van der Waals surface area contributed by atoms with Crippen molar-refractivity contribution in [3.8, 4) is 0 Å². The number of ether oxygens (including phenoxy) is 4. The zero-order valence-electron chi connectivity index (χ0n) is 9.34. The molecule has 102 valence electrons. The van der Waals surface area contributed by atoms with Crippen LogP contribution in [0.3, 0.4) is 0 Å². The molecule has 0 amide bonds. The molecule has 18 heavy (non-hydrogen) atoms. The highest BCUT2D eigenvalue weighted by Gasteiger charge is 2.11. The maximum absolute atomic E-state index is 10.9. The normalized spacial score (nSPS) is 12.8. The molecule has 0 aliphatic heterocycles. The third-order valence-electron chi connectivity index (χ3n) is 1.31. The van der Waals surface area contributed by atoms with Gasteiger partial charge in [0.2, 0.25) is 0 Å². The molecule has 2 atom stereocenters. The van der Waals surface area contributed by atoms with Gasteiger partial charge in [0.1, 0.15) is 13.2 Å². The Kier molecular flexibility index (Phi) is 8.86. The lowest BCUT2D eigenvalue weighted by molar-refractivity contribution is 0.0180. The highest BCUT2D eigenvalue weighted by molar-refractivity contribution is 6.21. The summed E-state index contributed by atoms with van der Waals surface area (Å²) >= 11 is 10.9. The Hall–Kier alpha value is -1.40. The van der Waals surface area contributed by atoms with Gasteiger partial charge in [0.25, 0.3) is 0 Å². The minimum atomic E-state index is -1.01. The van der Waals surface area contributed by atoms with Gasteiger partial charge in [0.15, 0.2) is 11.1 Å². The first-order valence-corrected chi connectivity index (χ1v) is 5.57. The van der Waals surface area contributed by atoms with Crippen molar-refractivity contribution in [1.82, 2.24) is 0 Å². The second kappa shape index (κ2) is 9.61. The summed E-state index contributed by atoms with van der Waals surface area (Å²) in [5.41, 5.74) is -1.96. The van der Waals surface area contributed by atoms with Gasteiger partial charge in [-0.2, -0.15) is 0 Å². The summed E-state index contributed by atoms with van der Waals surface area (Å²) in [5, 5.41) is 0. The van der Waals surface area contributed by atoms with Crippen LogP contribution in [-0.2, 0) is 18.9 Å². The Balaban J connectivity index is 3.61. The van der Waals surface area contributed by atoms with E-state index in [1.807, 2.05) is 0 Å². The van der Waals surface area contributed by atoms with Crippen LogP contribution in [-0.4, -0.2) is 36.7 Å². The van der Waals surface area contributed by atoms with Crippen molar-refractivity contribution in [2.75, 3.05) is 13.2 Å². The quantitative estimate of drug-likeness (QED) is 0.311. The molecule has 2 unspecified atom stereocenters. The van der Waals surface area contributed by atoms with E-state index in [4.69, 9.17) is 23.2 Å². The van der Waals surface area contributed by atoms with Crippen molar-refractivity contribution >= 4 is 35.5 Å². The third-order valence-corrected chi connectivity index (χ3v) is 1.85. The van der Waals surface area contributed by atoms with E-state index in [9.17, 15) is 9.59 Å². The molecule has 0 aromatic carbocycles. The van der Waals surface area contributed by atoms with E-state index in [-0.39, 0.29) is 13.2 Å². The number of hydrogen-bond acceptors (Lipinski definition) is 6. The van der Waals surface area contributed by atoms with E-state index in [1.165, 1.54) is 12.2 Å². The summed E-state index contributed by atoms with van der Waals surface area (Å²) in [5.74, 6) is 0. The van der Waals surface area contributed by atoms with E-state index in [0.717, 1.165) is 0 Å². The predicted molar refractivity (Wildman–Crippen MR) is 64.5 cm³/mol. The summed E-state index contributed by atoms with van der Waals surface area (Å²) < 4.78 is 18.0. The standard InChI is InChI=1S/C10H12Cl2O6/c1-3-7(11)17-9(13)15-5-6-16-10(14)18-8(12)4-2/h3-4,7-8H,1-2,5-6H2. The highest BCUT2D eigenvalue weighted by atomic mass is 35.5. The number of rotatable bonds is 7. The number of hydrogen-bond donors (Lipinski definition) is 0. The molecule has 0 aromatic heterocycles. The molecule has 8 heteroatoms. The number of carbonyl (C=O) groups excluding carboxylic acids is 2. The van der Waals surface area contributed by atoms with Crippen LogP contribution in [0.4, 0.5) is 9.59 Å². The van der Waals surface area contributed by atoms with Crippen molar-refractivity contribution in [3.63, 3.8) is 0 Å². The van der Waals surface area contributed by atoms with E-state index in [1.54, 1.807) is 0 Å². The van der Waals surface area contributed by atoms with E-state index < -0.39 is 23.4 Å². The number of carbonyl (C=O) groups is 2. The Bertz CT molecular complexity index is 277. The van der Waals surface area contributed by atoms with Crippen LogP contribution in [0.5, 0.6) is 0 Å². The van der Waals surface area contributed by atoms with Crippen LogP contribution < -0.4 is 0 Å².